The number of fused-ring (bicyclic) bond motifs is 1. The van der Waals surface area contributed by atoms with Gasteiger partial charge in [-0.15, -0.1) is 0 Å². The number of aromatic nitrogens is 1. The van der Waals surface area contributed by atoms with Gasteiger partial charge in [0.25, 0.3) is 5.91 Å². The minimum Gasteiger partial charge on any atom is -0.391 e. The van der Waals surface area contributed by atoms with Crippen molar-refractivity contribution in [1.82, 2.24) is 10.3 Å². The summed E-state index contributed by atoms with van der Waals surface area (Å²) >= 11 is 0. The fraction of sp³-hybridized carbons (Fsp3) is 0.375. The van der Waals surface area contributed by atoms with E-state index < -0.39 is 6.10 Å². The Morgan fingerprint density at radius 1 is 1.20 bits per heavy atom. The van der Waals surface area contributed by atoms with Gasteiger partial charge in [0.2, 0.25) is 0 Å². The van der Waals surface area contributed by atoms with Gasteiger partial charge in [0.05, 0.1) is 17.7 Å². The molecule has 1 aromatic heterocycles. The van der Waals surface area contributed by atoms with E-state index in [0.29, 0.717) is 5.56 Å². The highest BCUT2D eigenvalue weighted by molar-refractivity contribution is 6.06. The molecule has 3 rings (SSSR count). The molecule has 0 saturated heterocycles. The molecule has 1 aliphatic rings. The third-order valence-corrected chi connectivity index (χ3v) is 3.96. The van der Waals surface area contributed by atoms with Crippen molar-refractivity contribution in [3.8, 4) is 0 Å². The molecule has 2 N–H and O–H groups in total. The Labute approximate surface area is 117 Å². The molecular formula is C16H18N2O2. The molecule has 0 aliphatic heterocycles. The molecule has 1 heterocycles. The van der Waals surface area contributed by atoms with Crippen LogP contribution >= 0.6 is 0 Å². The molecule has 0 spiro atoms. The molecule has 20 heavy (non-hydrogen) atoms. The topological polar surface area (TPSA) is 62.2 Å². The lowest BCUT2D eigenvalue weighted by Crippen LogP contribution is -2.45. The standard InChI is InChI=1S/C16H18N2O2/c19-15-8-4-3-7-14(15)18-16(20)13-10-17-9-11-5-1-2-6-12(11)13/h1-2,5-6,9-10,14-15,19H,3-4,7-8H2,(H,18,20). The number of pyridine rings is 1. The number of hydrogen-bond acceptors (Lipinski definition) is 3. The van der Waals surface area contributed by atoms with Crippen LogP contribution in [-0.4, -0.2) is 28.1 Å². The summed E-state index contributed by atoms with van der Waals surface area (Å²) in [6, 6.07) is 7.55. The lowest BCUT2D eigenvalue weighted by molar-refractivity contribution is 0.0718. The van der Waals surface area contributed by atoms with Gasteiger partial charge in [0.1, 0.15) is 0 Å². The lowest BCUT2D eigenvalue weighted by Gasteiger charge is -2.28. The van der Waals surface area contributed by atoms with Crippen LogP contribution in [0.3, 0.4) is 0 Å². The maximum Gasteiger partial charge on any atom is 0.253 e. The van der Waals surface area contributed by atoms with Crippen molar-refractivity contribution < 1.29 is 9.90 Å². The number of aliphatic hydroxyl groups is 1. The zero-order valence-electron chi connectivity index (χ0n) is 11.2. The Morgan fingerprint density at radius 3 is 2.85 bits per heavy atom. The summed E-state index contributed by atoms with van der Waals surface area (Å²) in [4.78, 5) is 16.5. The first-order valence-corrected chi connectivity index (χ1v) is 7.07. The van der Waals surface area contributed by atoms with E-state index in [-0.39, 0.29) is 11.9 Å². The van der Waals surface area contributed by atoms with Crippen molar-refractivity contribution in [3.63, 3.8) is 0 Å². The molecule has 1 fully saturated rings. The van der Waals surface area contributed by atoms with E-state index in [1.54, 1.807) is 12.4 Å². The minimum atomic E-state index is -0.435. The summed E-state index contributed by atoms with van der Waals surface area (Å²) in [7, 11) is 0. The van der Waals surface area contributed by atoms with Gasteiger partial charge in [-0.3, -0.25) is 9.78 Å². The molecule has 0 bridgehead atoms. The quantitative estimate of drug-likeness (QED) is 0.880. The summed E-state index contributed by atoms with van der Waals surface area (Å²) in [5, 5.41) is 14.7. The van der Waals surface area contributed by atoms with E-state index in [2.05, 4.69) is 10.3 Å². The van der Waals surface area contributed by atoms with Crippen molar-refractivity contribution >= 4 is 16.7 Å². The number of nitrogens with one attached hydrogen (secondary N) is 1. The van der Waals surface area contributed by atoms with Crippen LogP contribution in [0.2, 0.25) is 0 Å². The monoisotopic (exact) mass is 270 g/mol. The summed E-state index contributed by atoms with van der Waals surface area (Å²) < 4.78 is 0. The summed E-state index contributed by atoms with van der Waals surface area (Å²) in [5.41, 5.74) is 0.570. The van der Waals surface area contributed by atoms with Crippen LogP contribution in [-0.2, 0) is 0 Å². The fourth-order valence-electron chi connectivity index (χ4n) is 2.82. The highest BCUT2D eigenvalue weighted by Gasteiger charge is 2.25. The number of carbonyl (C=O) groups excluding carboxylic acids is 1. The highest BCUT2D eigenvalue weighted by atomic mass is 16.3. The van der Waals surface area contributed by atoms with Crippen molar-refractivity contribution in [1.29, 1.82) is 0 Å². The predicted octanol–water partition coefficient (Wildman–Crippen LogP) is 2.27. The van der Waals surface area contributed by atoms with Gasteiger partial charge in [0, 0.05) is 17.8 Å². The molecule has 2 unspecified atom stereocenters. The summed E-state index contributed by atoms with van der Waals surface area (Å²) in [5.74, 6) is -0.153. The van der Waals surface area contributed by atoms with E-state index in [4.69, 9.17) is 0 Å². The van der Waals surface area contributed by atoms with E-state index in [1.165, 1.54) is 0 Å². The summed E-state index contributed by atoms with van der Waals surface area (Å²) in [6.07, 6.45) is 6.59. The average Bonchev–Trinajstić information content (AvgIpc) is 2.49. The molecule has 4 heteroatoms. The largest absolute Gasteiger partial charge is 0.391 e. The van der Waals surface area contributed by atoms with E-state index in [1.807, 2.05) is 24.3 Å². The van der Waals surface area contributed by atoms with Crippen LogP contribution in [0.5, 0.6) is 0 Å². The second kappa shape index (κ2) is 5.59. The van der Waals surface area contributed by atoms with E-state index >= 15 is 0 Å². The maximum absolute atomic E-state index is 12.4. The zero-order valence-corrected chi connectivity index (χ0v) is 11.2. The fourth-order valence-corrected chi connectivity index (χ4v) is 2.82. The number of carbonyl (C=O) groups is 1. The van der Waals surface area contributed by atoms with Crippen LogP contribution in [0.15, 0.2) is 36.7 Å². The van der Waals surface area contributed by atoms with Crippen molar-refractivity contribution in [2.24, 2.45) is 0 Å². The molecular weight excluding hydrogens is 252 g/mol. The second-order valence-corrected chi connectivity index (χ2v) is 5.34. The molecule has 2 aromatic rings. The van der Waals surface area contributed by atoms with Crippen LogP contribution in [0.25, 0.3) is 10.8 Å². The van der Waals surface area contributed by atoms with Gasteiger partial charge in [0.15, 0.2) is 0 Å². The van der Waals surface area contributed by atoms with Gasteiger partial charge < -0.3 is 10.4 Å². The Balaban J connectivity index is 1.85. The molecule has 1 aliphatic carbocycles. The molecule has 4 nitrogen and oxygen atoms in total. The third kappa shape index (κ3) is 2.51. The first-order chi connectivity index (χ1) is 9.75. The number of hydrogen-bond donors (Lipinski definition) is 2. The maximum atomic E-state index is 12.4. The number of amides is 1. The SMILES string of the molecule is O=C(NC1CCCCC1O)c1cncc2ccccc12. The molecule has 104 valence electrons. The van der Waals surface area contributed by atoms with Crippen molar-refractivity contribution in [3.05, 3.63) is 42.2 Å². The smallest absolute Gasteiger partial charge is 0.253 e. The van der Waals surface area contributed by atoms with Gasteiger partial charge in [-0.1, -0.05) is 37.1 Å². The van der Waals surface area contributed by atoms with Crippen LogP contribution in [0, 0.1) is 0 Å². The minimum absolute atomic E-state index is 0.143. The van der Waals surface area contributed by atoms with E-state index in [9.17, 15) is 9.90 Å². The molecule has 1 amide bonds. The summed E-state index contributed by atoms with van der Waals surface area (Å²) in [6.45, 7) is 0. The van der Waals surface area contributed by atoms with Crippen molar-refractivity contribution in [2.75, 3.05) is 0 Å². The first-order valence-electron chi connectivity index (χ1n) is 7.07. The van der Waals surface area contributed by atoms with Gasteiger partial charge in [-0.2, -0.15) is 0 Å². The Hall–Kier alpha value is -1.94. The number of nitrogens with zero attached hydrogens (tertiary/aromatic N) is 1. The van der Waals surface area contributed by atoms with Crippen molar-refractivity contribution in [2.45, 2.75) is 37.8 Å². The number of aliphatic hydroxyl groups excluding tert-OH is 1. The first kappa shape index (κ1) is 13.1. The van der Waals surface area contributed by atoms with Gasteiger partial charge in [-0.25, -0.2) is 0 Å². The molecule has 0 radical (unpaired) electrons. The van der Waals surface area contributed by atoms with Gasteiger partial charge in [-0.05, 0) is 18.2 Å². The normalized spacial score (nSPS) is 22.6. The van der Waals surface area contributed by atoms with Gasteiger partial charge >= 0.3 is 0 Å². The van der Waals surface area contributed by atoms with Crippen LogP contribution in [0.1, 0.15) is 36.0 Å². The Morgan fingerprint density at radius 2 is 2.00 bits per heavy atom. The Kier molecular flexibility index (Phi) is 3.65. The molecule has 2 atom stereocenters. The number of benzene rings is 1. The van der Waals surface area contributed by atoms with Crippen LogP contribution < -0.4 is 5.32 Å². The average molecular weight is 270 g/mol. The third-order valence-electron chi connectivity index (χ3n) is 3.96. The zero-order chi connectivity index (χ0) is 13.9. The van der Waals surface area contributed by atoms with E-state index in [0.717, 1.165) is 36.5 Å². The second-order valence-electron chi connectivity index (χ2n) is 5.34. The lowest BCUT2D eigenvalue weighted by atomic mass is 9.92. The molecule has 1 saturated carbocycles. The molecule has 1 aromatic carbocycles. The Bertz CT molecular complexity index is 621. The number of rotatable bonds is 2. The highest BCUT2D eigenvalue weighted by Crippen LogP contribution is 2.20. The predicted molar refractivity (Wildman–Crippen MR) is 77.5 cm³/mol. The van der Waals surface area contributed by atoms with Crippen LogP contribution in [0.4, 0.5) is 0 Å².